The Morgan fingerprint density at radius 2 is 1.79 bits per heavy atom. The third-order valence-corrected chi connectivity index (χ3v) is 3.25. The van der Waals surface area contributed by atoms with Gasteiger partial charge in [-0.15, -0.1) is 0 Å². The van der Waals surface area contributed by atoms with Crippen molar-refractivity contribution in [3.05, 3.63) is 0 Å². The van der Waals surface area contributed by atoms with Gasteiger partial charge in [-0.25, -0.2) is 0 Å². The molecule has 3 heteroatoms. The number of carbonyl (C=O) groups is 2. The van der Waals surface area contributed by atoms with Gasteiger partial charge in [0.15, 0.2) is 0 Å². The molecule has 0 aromatic heterocycles. The molecule has 0 amide bonds. The molecule has 0 aliphatic rings. The van der Waals surface area contributed by atoms with E-state index in [1.807, 2.05) is 20.8 Å². The zero-order valence-corrected chi connectivity index (χ0v) is 13.2. The van der Waals surface area contributed by atoms with Crippen LogP contribution in [0.4, 0.5) is 0 Å². The number of ether oxygens (including phenoxy) is 1. The first-order valence-corrected chi connectivity index (χ1v) is 7.49. The lowest BCUT2D eigenvalue weighted by molar-refractivity contribution is -0.156. The van der Waals surface area contributed by atoms with Crippen molar-refractivity contribution in [2.75, 3.05) is 0 Å². The van der Waals surface area contributed by atoms with Gasteiger partial charge in [-0.1, -0.05) is 26.7 Å². The summed E-state index contributed by atoms with van der Waals surface area (Å²) < 4.78 is 5.34. The molecule has 0 bridgehead atoms. The number of hydrogen-bond acceptors (Lipinski definition) is 3. The number of carbonyl (C=O) groups excluding carboxylic acids is 2. The van der Waals surface area contributed by atoms with Crippen LogP contribution in [0, 0.1) is 11.8 Å². The van der Waals surface area contributed by atoms with Crippen LogP contribution in [-0.4, -0.2) is 17.9 Å². The fourth-order valence-electron chi connectivity index (χ4n) is 2.17. The maximum absolute atomic E-state index is 11.8. The van der Waals surface area contributed by atoms with Crippen LogP contribution in [0.3, 0.4) is 0 Å². The summed E-state index contributed by atoms with van der Waals surface area (Å²) in [5.74, 6) is 0.351. The number of hydrogen-bond donors (Lipinski definition) is 0. The van der Waals surface area contributed by atoms with Crippen molar-refractivity contribution in [1.82, 2.24) is 0 Å². The lowest BCUT2D eigenvalue weighted by Crippen LogP contribution is -2.25. The molecular formula is C16H30O3. The smallest absolute Gasteiger partial charge is 0.306 e. The fraction of sp³-hybridized carbons (Fsp3) is 0.875. The van der Waals surface area contributed by atoms with E-state index in [2.05, 4.69) is 13.8 Å². The third-order valence-electron chi connectivity index (χ3n) is 3.25. The van der Waals surface area contributed by atoms with E-state index >= 15 is 0 Å². The largest absolute Gasteiger partial charge is 0.460 e. The molecule has 0 radical (unpaired) electrons. The Bertz CT molecular complexity index is 266. The molecule has 2 atom stereocenters. The zero-order valence-electron chi connectivity index (χ0n) is 13.2. The molecule has 19 heavy (non-hydrogen) atoms. The minimum Gasteiger partial charge on any atom is -0.460 e. The Morgan fingerprint density at radius 3 is 2.21 bits per heavy atom. The minimum atomic E-state index is -0.414. The van der Waals surface area contributed by atoms with E-state index < -0.39 is 5.60 Å². The Kier molecular flexibility index (Phi) is 8.70. The van der Waals surface area contributed by atoms with Crippen molar-refractivity contribution in [3.8, 4) is 0 Å². The Hall–Kier alpha value is -0.860. The predicted molar refractivity (Wildman–Crippen MR) is 77.9 cm³/mol. The van der Waals surface area contributed by atoms with Crippen molar-refractivity contribution in [2.45, 2.75) is 78.7 Å². The molecule has 0 aromatic carbocycles. The van der Waals surface area contributed by atoms with Crippen LogP contribution >= 0.6 is 0 Å². The van der Waals surface area contributed by atoms with Gasteiger partial charge < -0.3 is 9.53 Å². The lowest BCUT2D eigenvalue weighted by Gasteiger charge is -2.22. The standard InChI is InChI=1S/C16H30O3/c1-6-8-14(12-17)10-9-13(7-2)11-15(18)19-16(3,4)5/h12-14H,6-11H2,1-5H3. The van der Waals surface area contributed by atoms with Gasteiger partial charge in [-0.05, 0) is 46.0 Å². The molecule has 2 unspecified atom stereocenters. The van der Waals surface area contributed by atoms with Gasteiger partial charge in [0.05, 0.1) is 0 Å². The SMILES string of the molecule is CCCC(C=O)CCC(CC)CC(=O)OC(C)(C)C. The highest BCUT2D eigenvalue weighted by Crippen LogP contribution is 2.22. The Labute approximate surface area is 118 Å². The van der Waals surface area contributed by atoms with E-state index in [0.29, 0.717) is 12.3 Å². The monoisotopic (exact) mass is 270 g/mol. The van der Waals surface area contributed by atoms with E-state index in [9.17, 15) is 9.59 Å². The molecule has 0 aliphatic heterocycles. The van der Waals surface area contributed by atoms with E-state index in [0.717, 1.165) is 38.4 Å². The van der Waals surface area contributed by atoms with E-state index in [1.165, 1.54) is 0 Å². The molecule has 3 nitrogen and oxygen atoms in total. The first kappa shape index (κ1) is 18.1. The second-order valence-corrected chi connectivity index (χ2v) is 6.33. The molecule has 0 spiro atoms. The van der Waals surface area contributed by atoms with Crippen molar-refractivity contribution in [1.29, 1.82) is 0 Å². The second-order valence-electron chi connectivity index (χ2n) is 6.33. The molecule has 0 saturated heterocycles. The van der Waals surface area contributed by atoms with Gasteiger partial charge in [-0.2, -0.15) is 0 Å². The second kappa shape index (κ2) is 9.11. The maximum atomic E-state index is 11.8. The average Bonchev–Trinajstić information content (AvgIpc) is 2.30. The van der Waals surface area contributed by atoms with Crippen LogP contribution in [-0.2, 0) is 14.3 Å². The summed E-state index contributed by atoms with van der Waals surface area (Å²) >= 11 is 0. The molecule has 0 heterocycles. The third kappa shape index (κ3) is 9.69. The number of rotatable bonds is 9. The summed E-state index contributed by atoms with van der Waals surface area (Å²) in [5.41, 5.74) is -0.414. The lowest BCUT2D eigenvalue weighted by atomic mass is 9.90. The highest BCUT2D eigenvalue weighted by Gasteiger charge is 2.20. The summed E-state index contributed by atoms with van der Waals surface area (Å²) in [6.45, 7) is 9.83. The molecule has 0 aromatic rings. The van der Waals surface area contributed by atoms with Crippen LogP contribution in [0.5, 0.6) is 0 Å². The van der Waals surface area contributed by atoms with E-state index in [-0.39, 0.29) is 11.9 Å². The normalized spacial score (nSPS) is 14.8. The van der Waals surface area contributed by atoms with Gasteiger partial charge in [0, 0.05) is 12.3 Å². The van der Waals surface area contributed by atoms with Crippen LogP contribution in [0.25, 0.3) is 0 Å². The highest BCUT2D eigenvalue weighted by molar-refractivity contribution is 5.70. The minimum absolute atomic E-state index is 0.127. The number of aldehydes is 1. The first-order chi connectivity index (χ1) is 8.82. The van der Waals surface area contributed by atoms with Crippen molar-refractivity contribution in [2.24, 2.45) is 11.8 Å². The first-order valence-electron chi connectivity index (χ1n) is 7.49. The molecule has 112 valence electrons. The highest BCUT2D eigenvalue weighted by atomic mass is 16.6. The van der Waals surface area contributed by atoms with Crippen LogP contribution in [0.1, 0.15) is 73.1 Å². The molecule has 0 rings (SSSR count). The summed E-state index contributed by atoms with van der Waals surface area (Å²) in [6.07, 6.45) is 6.28. The van der Waals surface area contributed by atoms with Crippen LogP contribution < -0.4 is 0 Å². The van der Waals surface area contributed by atoms with Gasteiger partial charge in [-0.3, -0.25) is 4.79 Å². The maximum Gasteiger partial charge on any atom is 0.306 e. The molecule has 0 aliphatic carbocycles. The van der Waals surface area contributed by atoms with E-state index in [4.69, 9.17) is 4.74 Å². The summed E-state index contributed by atoms with van der Waals surface area (Å²) in [6, 6.07) is 0. The predicted octanol–water partition coefficient (Wildman–Crippen LogP) is 4.14. The summed E-state index contributed by atoms with van der Waals surface area (Å²) in [4.78, 5) is 22.7. The quantitative estimate of drug-likeness (QED) is 0.467. The average molecular weight is 270 g/mol. The molecule has 0 fully saturated rings. The molecular weight excluding hydrogens is 240 g/mol. The van der Waals surface area contributed by atoms with Crippen molar-refractivity contribution in [3.63, 3.8) is 0 Å². The Morgan fingerprint density at radius 1 is 1.16 bits per heavy atom. The zero-order chi connectivity index (χ0) is 14.9. The van der Waals surface area contributed by atoms with Crippen molar-refractivity contribution >= 4 is 12.3 Å². The van der Waals surface area contributed by atoms with Gasteiger partial charge in [0.25, 0.3) is 0 Å². The van der Waals surface area contributed by atoms with Gasteiger partial charge >= 0.3 is 5.97 Å². The fourth-order valence-corrected chi connectivity index (χ4v) is 2.17. The summed E-state index contributed by atoms with van der Waals surface area (Å²) in [7, 11) is 0. The molecule has 0 N–H and O–H groups in total. The van der Waals surface area contributed by atoms with E-state index in [1.54, 1.807) is 0 Å². The summed E-state index contributed by atoms with van der Waals surface area (Å²) in [5, 5.41) is 0. The van der Waals surface area contributed by atoms with Crippen molar-refractivity contribution < 1.29 is 14.3 Å². The van der Waals surface area contributed by atoms with Gasteiger partial charge in [0.2, 0.25) is 0 Å². The van der Waals surface area contributed by atoms with Crippen LogP contribution in [0.15, 0.2) is 0 Å². The Balaban J connectivity index is 4.13. The molecule has 0 saturated carbocycles. The number of esters is 1. The topological polar surface area (TPSA) is 43.4 Å². The van der Waals surface area contributed by atoms with Crippen LogP contribution in [0.2, 0.25) is 0 Å². The van der Waals surface area contributed by atoms with Gasteiger partial charge in [0.1, 0.15) is 11.9 Å².